The second-order valence-electron chi connectivity index (χ2n) is 4.71. The molecule has 3 heterocycles. The molecule has 3 aromatic rings. The van der Waals surface area contributed by atoms with E-state index in [0.717, 1.165) is 28.1 Å². The number of fused-ring (bicyclic) bond motifs is 1. The van der Waals surface area contributed by atoms with Crippen LogP contribution in [0.3, 0.4) is 0 Å². The minimum Gasteiger partial charge on any atom is -0.326 e. The summed E-state index contributed by atoms with van der Waals surface area (Å²) in [6.45, 7) is 2.05. The Kier molecular flexibility index (Phi) is 3.02. The van der Waals surface area contributed by atoms with Gasteiger partial charge in [0.1, 0.15) is 11.2 Å². The van der Waals surface area contributed by atoms with E-state index in [9.17, 15) is 0 Å². The molecule has 0 amide bonds. The highest BCUT2D eigenvalue weighted by Crippen LogP contribution is 2.27. The summed E-state index contributed by atoms with van der Waals surface area (Å²) < 4.78 is 3.87. The van der Waals surface area contributed by atoms with Crippen LogP contribution >= 0.6 is 11.6 Å². The average Bonchev–Trinajstić information content (AvgIpc) is 2.91. The molecule has 0 radical (unpaired) electrons. The van der Waals surface area contributed by atoms with E-state index in [0.29, 0.717) is 5.02 Å². The summed E-state index contributed by atoms with van der Waals surface area (Å²) in [5.74, 6) is 0.761. The third kappa shape index (κ3) is 1.98. The number of hydrogen-bond donors (Lipinski definition) is 2. The van der Waals surface area contributed by atoms with Gasteiger partial charge >= 0.3 is 0 Å². The lowest BCUT2D eigenvalue weighted by molar-refractivity contribution is 0.748. The van der Waals surface area contributed by atoms with Crippen molar-refractivity contribution in [1.82, 2.24) is 29.5 Å². The summed E-state index contributed by atoms with van der Waals surface area (Å²) in [4.78, 5) is 4.67. The molecule has 0 spiro atoms. The molecule has 20 heavy (non-hydrogen) atoms. The Morgan fingerprint density at radius 2 is 2.10 bits per heavy atom. The Bertz CT molecular complexity index is 817. The number of aryl methyl sites for hydroxylation is 3. The summed E-state index contributed by atoms with van der Waals surface area (Å²) in [5, 5.41) is 10.5. The molecule has 104 valence electrons. The number of halogens is 1. The largest absolute Gasteiger partial charge is 0.326 e. The quantitative estimate of drug-likeness (QED) is 0.723. The molecule has 0 saturated carbocycles. The van der Waals surface area contributed by atoms with E-state index in [1.807, 2.05) is 41.8 Å². The zero-order valence-corrected chi connectivity index (χ0v) is 12.2. The van der Waals surface area contributed by atoms with Crippen LogP contribution in [0.5, 0.6) is 0 Å². The fourth-order valence-corrected chi connectivity index (χ4v) is 2.48. The highest BCUT2D eigenvalue weighted by Gasteiger charge is 2.14. The summed E-state index contributed by atoms with van der Waals surface area (Å²) >= 11 is 6.14. The third-order valence-electron chi connectivity index (χ3n) is 3.24. The number of rotatable bonds is 1. The monoisotopic (exact) mass is 290 g/mol. The van der Waals surface area contributed by atoms with Crippen LogP contribution in [-0.2, 0) is 14.1 Å². The predicted molar refractivity (Wildman–Crippen MR) is 79.0 cm³/mol. The Balaban J connectivity index is 2.41. The maximum Gasteiger partial charge on any atom is 0.160 e. The van der Waals surface area contributed by atoms with E-state index in [-0.39, 0.29) is 0 Å². The van der Waals surface area contributed by atoms with Gasteiger partial charge in [-0.15, -0.1) is 0 Å². The first-order valence-electron chi connectivity index (χ1n) is 6.18. The van der Waals surface area contributed by atoms with Gasteiger partial charge in [0.15, 0.2) is 5.82 Å². The highest BCUT2D eigenvalue weighted by molar-refractivity contribution is 6.32. The van der Waals surface area contributed by atoms with Crippen LogP contribution in [0.25, 0.3) is 22.6 Å². The van der Waals surface area contributed by atoms with E-state index < -0.39 is 0 Å². The van der Waals surface area contributed by atoms with Crippen LogP contribution in [0, 0.1) is 6.92 Å². The summed E-state index contributed by atoms with van der Waals surface area (Å²) in [6.07, 6.45) is 5.41. The molecule has 0 unspecified atom stereocenters. The van der Waals surface area contributed by atoms with E-state index >= 15 is 0 Å². The molecule has 0 aromatic carbocycles. The normalized spacial score (nSPS) is 11.0. The average molecular weight is 291 g/mol. The second kappa shape index (κ2) is 4.72. The van der Waals surface area contributed by atoms with E-state index in [2.05, 4.69) is 27.2 Å². The van der Waals surface area contributed by atoms with Gasteiger partial charge in [-0.25, -0.2) is 4.98 Å². The number of nitrogens with zero attached hydrogens (tertiary/aromatic N) is 4. The first kappa shape index (κ1) is 12.8. The Hall–Kier alpha value is -2.21. The molecule has 2 N–H and O–H groups in total. The van der Waals surface area contributed by atoms with Gasteiger partial charge in [-0.05, 0) is 18.6 Å². The van der Waals surface area contributed by atoms with Crippen LogP contribution in [0.2, 0.25) is 5.02 Å². The van der Waals surface area contributed by atoms with Crippen molar-refractivity contribution >= 4 is 22.6 Å². The lowest BCUT2D eigenvalue weighted by atomic mass is 10.2. The van der Waals surface area contributed by atoms with Gasteiger partial charge in [-0.3, -0.25) is 9.78 Å². The van der Waals surface area contributed by atoms with Crippen molar-refractivity contribution in [3.05, 3.63) is 35.2 Å². The van der Waals surface area contributed by atoms with Gasteiger partial charge in [0.25, 0.3) is 0 Å². The zero-order chi connectivity index (χ0) is 14.3. The molecule has 3 rings (SSSR count). The topological polar surface area (TPSA) is 67.2 Å². The van der Waals surface area contributed by atoms with Gasteiger partial charge in [-0.1, -0.05) is 11.6 Å². The number of aromatic amines is 2. The molecule has 0 bridgehead atoms. The van der Waals surface area contributed by atoms with Crippen molar-refractivity contribution < 1.29 is 0 Å². The standard InChI is InChI=1S/C13H15ClN6/c1-8-4-5-16-19(2)7-10-12(8)20(3)13(17-10)11-9(14)6-15-18-11/h4-7,16H,1-3H3,(H,15,18). The molecule has 0 atom stereocenters. The first-order valence-corrected chi connectivity index (χ1v) is 6.56. The SMILES string of the molecule is Cc1cc[nH]n(C)cc2nc(-c3[nH]ncc3Cl)n(C)c12. The Morgan fingerprint density at radius 3 is 2.80 bits per heavy atom. The van der Waals surface area contributed by atoms with Crippen LogP contribution in [0.15, 0.2) is 24.7 Å². The number of nitrogens with one attached hydrogen (secondary N) is 2. The van der Waals surface area contributed by atoms with Crippen LogP contribution < -0.4 is 0 Å². The first-order chi connectivity index (χ1) is 9.58. The van der Waals surface area contributed by atoms with Crippen molar-refractivity contribution in [2.75, 3.05) is 0 Å². The Labute approximate surface area is 120 Å². The number of aromatic nitrogens is 6. The van der Waals surface area contributed by atoms with Gasteiger partial charge in [-0.2, -0.15) is 5.10 Å². The van der Waals surface area contributed by atoms with E-state index in [1.54, 1.807) is 6.20 Å². The number of imidazole rings is 1. The molecule has 3 aromatic heterocycles. The molecule has 6 nitrogen and oxygen atoms in total. The zero-order valence-electron chi connectivity index (χ0n) is 11.5. The molecular formula is C13H15ClN6. The van der Waals surface area contributed by atoms with Crippen molar-refractivity contribution in [1.29, 1.82) is 0 Å². The van der Waals surface area contributed by atoms with Crippen molar-refractivity contribution in [2.24, 2.45) is 14.1 Å². The molecule has 0 aliphatic heterocycles. The lowest BCUT2D eigenvalue weighted by Gasteiger charge is -2.02. The molecule has 0 aliphatic carbocycles. The van der Waals surface area contributed by atoms with Gasteiger partial charge in [0.05, 0.1) is 16.7 Å². The molecule has 7 heteroatoms. The maximum absolute atomic E-state index is 6.14. The van der Waals surface area contributed by atoms with E-state index in [1.165, 1.54) is 0 Å². The molecule has 0 fully saturated rings. The summed E-state index contributed by atoms with van der Waals surface area (Å²) in [5.41, 5.74) is 3.77. The van der Waals surface area contributed by atoms with Gasteiger partial charge in [0, 0.05) is 26.5 Å². The van der Waals surface area contributed by atoms with Gasteiger partial charge < -0.3 is 9.67 Å². The van der Waals surface area contributed by atoms with Crippen LogP contribution in [0.1, 0.15) is 5.56 Å². The van der Waals surface area contributed by atoms with Crippen LogP contribution in [0.4, 0.5) is 0 Å². The van der Waals surface area contributed by atoms with Crippen molar-refractivity contribution in [2.45, 2.75) is 6.92 Å². The van der Waals surface area contributed by atoms with Crippen molar-refractivity contribution in [3.63, 3.8) is 0 Å². The fourth-order valence-electron chi connectivity index (χ4n) is 2.31. The number of hydrogen-bond acceptors (Lipinski definition) is 2. The molecular weight excluding hydrogens is 276 g/mol. The van der Waals surface area contributed by atoms with E-state index in [4.69, 9.17) is 11.6 Å². The highest BCUT2D eigenvalue weighted by atomic mass is 35.5. The maximum atomic E-state index is 6.14. The summed E-state index contributed by atoms with van der Waals surface area (Å²) in [7, 11) is 3.89. The fraction of sp³-hybridized carbons (Fsp3) is 0.231. The lowest BCUT2D eigenvalue weighted by Crippen LogP contribution is -1.95. The third-order valence-corrected chi connectivity index (χ3v) is 3.53. The number of H-pyrrole nitrogens is 2. The minimum atomic E-state index is 0.561. The molecule has 0 saturated heterocycles. The van der Waals surface area contributed by atoms with Crippen molar-refractivity contribution in [3.8, 4) is 11.5 Å². The summed E-state index contributed by atoms with van der Waals surface area (Å²) in [6, 6.07) is 2.02. The predicted octanol–water partition coefficient (Wildman–Crippen LogP) is 2.72. The van der Waals surface area contributed by atoms with Crippen LogP contribution in [-0.4, -0.2) is 29.5 Å². The second-order valence-corrected chi connectivity index (χ2v) is 5.11. The smallest absolute Gasteiger partial charge is 0.160 e. The minimum absolute atomic E-state index is 0.561. The van der Waals surface area contributed by atoms with Gasteiger partial charge in [0.2, 0.25) is 0 Å². The molecule has 0 aliphatic rings. The Morgan fingerprint density at radius 1 is 1.30 bits per heavy atom.